The van der Waals surface area contributed by atoms with E-state index in [0.717, 1.165) is 11.1 Å². The maximum Gasteiger partial charge on any atom is 0.326 e. The van der Waals surface area contributed by atoms with Gasteiger partial charge in [0.15, 0.2) is 5.82 Å². The highest BCUT2D eigenvalue weighted by Crippen LogP contribution is 2.20. The summed E-state index contributed by atoms with van der Waals surface area (Å²) in [5, 5.41) is 13.5. The molecule has 9 heteroatoms. The van der Waals surface area contributed by atoms with Gasteiger partial charge in [0.1, 0.15) is 23.7 Å². The number of carbonyl (C=O) groups is 1. The first-order valence-electron chi connectivity index (χ1n) is 9.41. The zero-order valence-corrected chi connectivity index (χ0v) is 16.5. The molecule has 2 amide bonds. The first kappa shape index (κ1) is 19.2. The second-order valence-corrected chi connectivity index (χ2v) is 6.81. The standard InChI is InChI=1S/C21H20N8O/c1-14(2)29-13-24-28-20(29)17-4-3-5-19(25-17)27-21(30)26-18-7-6-16(12-23-18)15-8-10-22-11-9-15/h3-14H,1-2H3,(H2,23,25,26,27,30). The Morgan fingerprint density at radius 2 is 1.77 bits per heavy atom. The summed E-state index contributed by atoms with van der Waals surface area (Å²) in [6, 6.07) is 12.5. The molecule has 30 heavy (non-hydrogen) atoms. The average molecular weight is 400 g/mol. The molecule has 0 aliphatic carbocycles. The first-order valence-corrected chi connectivity index (χ1v) is 9.41. The number of aromatic nitrogens is 6. The molecule has 9 nitrogen and oxygen atoms in total. The molecule has 0 radical (unpaired) electrons. The van der Waals surface area contributed by atoms with E-state index in [0.29, 0.717) is 23.2 Å². The molecule has 0 atom stereocenters. The second-order valence-electron chi connectivity index (χ2n) is 6.81. The Labute approximate surface area is 173 Å². The number of carbonyl (C=O) groups excluding carboxylic acids is 1. The highest BCUT2D eigenvalue weighted by Gasteiger charge is 2.12. The van der Waals surface area contributed by atoms with Crippen LogP contribution in [0.2, 0.25) is 0 Å². The highest BCUT2D eigenvalue weighted by atomic mass is 16.2. The van der Waals surface area contributed by atoms with Gasteiger partial charge in [0.2, 0.25) is 0 Å². The Morgan fingerprint density at radius 3 is 2.50 bits per heavy atom. The van der Waals surface area contributed by atoms with Gasteiger partial charge in [0.25, 0.3) is 0 Å². The van der Waals surface area contributed by atoms with Crippen molar-refractivity contribution in [2.45, 2.75) is 19.9 Å². The van der Waals surface area contributed by atoms with E-state index in [4.69, 9.17) is 0 Å². The van der Waals surface area contributed by atoms with Crippen molar-refractivity contribution >= 4 is 17.7 Å². The molecule has 0 saturated carbocycles. The number of urea groups is 1. The van der Waals surface area contributed by atoms with Gasteiger partial charge in [-0.25, -0.2) is 14.8 Å². The molecule has 0 bridgehead atoms. The molecule has 0 saturated heterocycles. The zero-order chi connectivity index (χ0) is 20.9. The Kier molecular flexibility index (Phi) is 5.42. The molecule has 4 rings (SSSR count). The van der Waals surface area contributed by atoms with Crippen LogP contribution in [0.5, 0.6) is 0 Å². The number of pyridine rings is 3. The fourth-order valence-corrected chi connectivity index (χ4v) is 2.88. The summed E-state index contributed by atoms with van der Waals surface area (Å²) in [5.74, 6) is 1.47. The lowest BCUT2D eigenvalue weighted by Gasteiger charge is -2.11. The van der Waals surface area contributed by atoms with Crippen LogP contribution in [0.15, 0.2) is 67.4 Å². The van der Waals surface area contributed by atoms with Crippen LogP contribution in [-0.4, -0.2) is 35.7 Å². The number of rotatable bonds is 5. The maximum atomic E-state index is 12.4. The van der Waals surface area contributed by atoms with Crippen molar-refractivity contribution in [1.82, 2.24) is 29.7 Å². The molecule has 4 aromatic rings. The van der Waals surface area contributed by atoms with Gasteiger partial charge in [0.05, 0.1) is 0 Å². The molecule has 0 unspecified atom stereocenters. The minimum absolute atomic E-state index is 0.193. The smallest absolute Gasteiger partial charge is 0.310 e. The van der Waals surface area contributed by atoms with Crippen LogP contribution in [0.3, 0.4) is 0 Å². The van der Waals surface area contributed by atoms with Crippen molar-refractivity contribution < 1.29 is 4.79 Å². The predicted molar refractivity (Wildman–Crippen MR) is 114 cm³/mol. The van der Waals surface area contributed by atoms with E-state index >= 15 is 0 Å². The molecular weight excluding hydrogens is 380 g/mol. The SMILES string of the molecule is CC(C)n1cnnc1-c1cccc(NC(=O)Nc2ccc(-c3ccncc3)cn2)n1. The number of hydrogen-bond donors (Lipinski definition) is 2. The third kappa shape index (κ3) is 4.30. The van der Waals surface area contributed by atoms with E-state index in [9.17, 15) is 4.79 Å². The molecule has 4 heterocycles. The molecule has 4 aromatic heterocycles. The van der Waals surface area contributed by atoms with Crippen LogP contribution in [-0.2, 0) is 0 Å². The lowest BCUT2D eigenvalue weighted by Crippen LogP contribution is -2.20. The Bertz CT molecular complexity index is 1140. The van der Waals surface area contributed by atoms with Crippen molar-refractivity contribution in [1.29, 1.82) is 0 Å². The van der Waals surface area contributed by atoms with E-state index in [1.54, 1.807) is 43.1 Å². The summed E-state index contributed by atoms with van der Waals surface area (Å²) in [5.41, 5.74) is 2.56. The molecule has 0 aromatic carbocycles. The van der Waals surface area contributed by atoms with Crippen molar-refractivity contribution in [3.63, 3.8) is 0 Å². The molecule has 2 N–H and O–H groups in total. The summed E-state index contributed by atoms with van der Waals surface area (Å²) in [4.78, 5) is 25.1. The Balaban J connectivity index is 1.44. The third-order valence-electron chi connectivity index (χ3n) is 4.37. The molecule has 0 fully saturated rings. The van der Waals surface area contributed by atoms with Gasteiger partial charge < -0.3 is 4.57 Å². The van der Waals surface area contributed by atoms with Gasteiger partial charge in [-0.3, -0.25) is 15.6 Å². The van der Waals surface area contributed by atoms with Crippen molar-refractivity contribution in [3.05, 3.63) is 67.4 Å². The van der Waals surface area contributed by atoms with Gasteiger partial charge in [-0.05, 0) is 55.8 Å². The van der Waals surface area contributed by atoms with Crippen LogP contribution in [0.25, 0.3) is 22.6 Å². The summed E-state index contributed by atoms with van der Waals surface area (Å²) in [6.45, 7) is 4.07. The monoisotopic (exact) mass is 400 g/mol. The average Bonchev–Trinajstić information content (AvgIpc) is 3.25. The predicted octanol–water partition coefficient (Wildman–Crippen LogP) is 4.02. The highest BCUT2D eigenvalue weighted by molar-refractivity contribution is 5.98. The van der Waals surface area contributed by atoms with Gasteiger partial charge in [-0.15, -0.1) is 10.2 Å². The summed E-state index contributed by atoms with van der Waals surface area (Å²) < 4.78 is 1.92. The molecule has 0 aliphatic rings. The van der Waals surface area contributed by atoms with E-state index in [1.807, 2.05) is 42.7 Å². The summed E-state index contributed by atoms with van der Waals surface area (Å²) in [7, 11) is 0. The summed E-state index contributed by atoms with van der Waals surface area (Å²) >= 11 is 0. The zero-order valence-electron chi connectivity index (χ0n) is 16.5. The second kappa shape index (κ2) is 8.48. The van der Waals surface area contributed by atoms with Crippen LogP contribution < -0.4 is 10.6 Å². The van der Waals surface area contributed by atoms with Crippen molar-refractivity contribution in [3.8, 4) is 22.6 Å². The lowest BCUT2D eigenvalue weighted by molar-refractivity contribution is 0.262. The van der Waals surface area contributed by atoms with E-state index < -0.39 is 6.03 Å². The molecule has 0 aliphatic heterocycles. The maximum absolute atomic E-state index is 12.4. The van der Waals surface area contributed by atoms with Gasteiger partial charge >= 0.3 is 6.03 Å². The van der Waals surface area contributed by atoms with Crippen LogP contribution in [0, 0.1) is 0 Å². The minimum atomic E-state index is -0.436. The van der Waals surface area contributed by atoms with E-state index in [1.165, 1.54) is 0 Å². The lowest BCUT2D eigenvalue weighted by atomic mass is 10.1. The quantitative estimate of drug-likeness (QED) is 0.523. The topological polar surface area (TPSA) is 111 Å². The number of hydrogen-bond acceptors (Lipinski definition) is 6. The van der Waals surface area contributed by atoms with Gasteiger partial charge in [-0.1, -0.05) is 6.07 Å². The minimum Gasteiger partial charge on any atom is -0.310 e. The Morgan fingerprint density at radius 1 is 0.967 bits per heavy atom. The molecule has 0 spiro atoms. The van der Waals surface area contributed by atoms with Gasteiger partial charge in [0, 0.05) is 30.2 Å². The normalized spacial score (nSPS) is 10.8. The first-order chi connectivity index (χ1) is 14.6. The van der Waals surface area contributed by atoms with Crippen molar-refractivity contribution in [2.75, 3.05) is 10.6 Å². The fourth-order valence-electron chi connectivity index (χ4n) is 2.88. The third-order valence-corrected chi connectivity index (χ3v) is 4.37. The molecular formula is C21H20N8O. The number of anilines is 2. The van der Waals surface area contributed by atoms with Crippen LogP contribution in [0.1, 0.15) is 19.9 Å². The Hall–Kier alpha value is -4.14. The van der Waals surface area contributed by atoms with Crippen molar-refractivity contribution in [2.24, 2.45) is 0 Å². The van der Waals surface area contributed by atoms with E-state index in [2.05, 4.69) is 35.8 Å². The number of nitrogens with zero attached hydrogens (tertiary/aromatic N) is 6. The largest absolute Gasteiger partial charge is 0.326 e. The van der Waals surface area contributed by atoms with E-state index in [-0.39, 0.29) is 6.04 Å². The van der Waals surface area contributed by atoms with Gasteiger partial charge in [-0.2, -0.15) is 0 Å². The molecule has 150 valence electrons. The fraction of sp³-hybridized carbons (Fsp3) is 0.143. The van der Waals surface area contributed by atoms with Crippen LogP contribution >= 0.6 is 0 Å². The number of nitrogens with one attached hydrogen (secondary N) is 2. The van der Waals surface area contributed by atoms with Crippen LogP contribution in [0.4, 0.5) is 16.4 Å². The number of amides is 2. The summed E-state index contributed by atoms with van der Waals surface area (Å²) in [6.07, 6.45) is 6.80.